The van der Waals surface area contributed by atoms with Gasteiger partial charge in [-0.2, -0.15) is 0 Å². The number of aromatic nitrogens is 2. The second-order valence-electron chi connectivity index (χ2n) is 5.31. The molecule has 5 nitrogen and oxygen atoms in total. The summed E-state index contributed by atoms with van der Waals surface area (Å²) in [5.41, 5.74) is 0. The fourth-order valence-electron chi connectivity index (χ4n) is 2.28. The lowest BCUT2D eigenvalue weighted by Gasteiger charge is -2.24. The fraction of sp³-hybridized carbons (Fsp3) is 0.733. The normalized spacial score (nSPS) is 14.3. The summed E-state index contributed by atoms with van der Waals surface area (Å²) in [5.74, 6) is 2.70. The van der Waals surface area contributed by atoms with E-state index in [-0.39, 0.29) is 0 Å². The Morgan fingerprint density at radius 1 is 1.30 bits per heavy atom. The van der Waals surface area contributed by atoms with Gasteiger partial charge in [0, 0.05) is 32.3 Å². The quantitative estimate of drug-likeness (QED) is 0.752. The second-order valence-corrected chi connectivity index (χ2v) is 5.31. The van der Waals surface area contributed by atoms with Crippen LogP contribution in [0.1, 0.15) is 45.4 Å². The number of anilines is 2. The third kappa shape index (κ3) is 4.07. The number of nitrogens with zero attached hydrogens (tertiary/aromatic N) is 3. The van der Waals surface area contributed by atoms with E-state index in [1.807, 2.05) is 0 Å². The molecule has 0 atom stereocenters. The van der Waals surface area contributed by atoms with Crippen molar-refractivity contribution in [2.45, 2.75) is 52.2 Å². The predicted octanol–water partition coefficient (Wildman–Crippen LogP) is 2.82. The number of methoxy groups -OCH3 is 1. The molecule has 0 unspecified atom stereocenters. The molecule has 1 aliphatic rings. The van der Waals surface area contributed by atoms with Crippen molar-refractivity contribution in [3.8, 4) is 0 Å². The van der Waals surface area contributed by atoms with Gasteiger partial charge in [-0.1, -0.05) is 13.8 Å². The van der Waals surface area contributed by atoms with Crippen molar-refractivity contribution < 1.29 is 4.74 Å². The van der Waals surface area contributed by atoms with Crippen LogP contribution in [0.5, 0.6) is 0 Å². The third-order valence-corrected chi connectivity index (χ3v) is 3.33. The van der Waals surface area contributed by atoms with Gasteiger partial charge in [0.15, 0.2) is 5.82 Å². The van der Waals surface area contributed by atoms with E-state index >= 15 is 0 Å². The lowest BCUT2D eigenvalue weighted by molar-refractivity contribution is 0.178. The molecule has 1 N–H and O–H groups in total. The van der Waals surface area contributed by atoms with Gasteiger partial charge in [0.1, 0.15) is 18.2 Å². The minimum absolute atomic E-state index is 0.458. The van der Waals surface area contributed by atoms with E-state index in [4.69, 9.17) is 4.74 Å². The number of hydrogen-bond acceptors (Lipinski definition) is 5. The standard InChI is InChI=1S/C15H26N4O/c1-4-8-16-13-10-15(18-14(17-13)11-20-3)19(9-5-2)12-6-7-12/h10,12H,4-9,11H2,1-3H3,(H,16,17,18). The monoisotopic (exact) mass is 278 g/mol. The summed E-state index contributed by atoms with van der Waals surface area (Å²) in [6.45, 7) is 6.81. The Labute approximate surface area is 121 Å². The van der Waals surface area contributed by atoms with Crippen LogP contribution in [0.3, 0.4) is 0 Å². The van der Waals surface area contributed by atoms with Crippen molar-refractivity contribution in [1.29, 1.82) is 0 Å². The minimum Gasteiger partial charge on any atom is -0.377 e. The summed E-state index contributed by atoms with van der Waals surface area (Å²) in [6, 6.07) is 2.74. The maximum atomic E-state index is 5.19. The molecule has 1 aliphatic carbocycles. The van der Waals surface area contributed by atoms with Crippen molar-refractivity contribution >= 4 is 11.6 Å². The molecule has 1 aromatic rings. The lowest BCUT2D eigenvalue weighted by Crippen LogP contribution is -2.28. The maximum absolute atomic E-state index is 5.19. The van der Waals surface area contributed by atoms with Gasteiger partial charge in [0.2, 0.25) is 0 Å². The van der Waals surface area contributed by atoms with E-state index in [0.717, 1.165) is 43.4 Å². The van der Waals surface area contributed by atoms with Crippen LogP contribution in [0.25, 0.3) is 0 Å². The van der Waals surface area contributed by atoms with Crippen molar-refractivity contribution in [3.05, 3.63) is 11.9 Å². The molecule has 112 valence electrons. The molecule has 0 amide bonds. The van der Waals surface area contributed by atoms with Crippen LogP contribution in [0.15, 0.2) is 6.07 Å². The number of rotatable bonds is 9. The first-order chi connectivity index (χ1) is 9.78. The SMILES string of the molecule is CCCNc1cc(N(CCC)C2CC2)nc(COC)n1. The van der Waals surface area contributed by atoms with Gasteiger partial charge in [-0.3, -0.25) is 0 Å². The molecular weight excluding hydrogens is 252 g/mol. The fourth-order valence-corrected chi connectivity index (χ4v) is 2.28. The Balaban J connectivity index is 2.21. The first-order valence-corrected chi connectivity index (χ1v) is 7.65. The molecule has 1 fully saturated rings. The molecule has 0 radical (unpaired) electrons. The maximum Gasteiger partial charge on any atom is 0.158 e. The smallest absolute Gasteiger partial charge is 0.158 e. The van der Waals surface area contributed by atoms with Crippen LogP contribution >= 0.6 is 0 Å². The average molecular weight is 278 g/mol. The Bertz CT molecular complexity index is 420. The van der Waals surface area contributed by atoms with Crippen LogP contribution < -0.4 is 10.2 Å². The highest BCUT2D eigenvalue weighted by molar-refractivity contribution is 5.51. The zero-order valence-corrected chi connectivity index (χ0v) is 12.9. The van der Waals surface area contributed by atoms with Crippen molar-refractivity contribution in [2.24, 2.45) is 0 Å². The van der Waals surface area contributed by atoms with E-state index in [1.165, 1.54) is 12.8 Å². The summed E-state index contributed by atoms with van der Waals surface area (Å²) in [5, 5.41) is 3.36. The van der Waals surface area contributed by atoms with Crippen LogP contribution in [0, 0.1) is 0 Å². The Morgan fingerprint density at radius 2 is 2.10 bits per heavy atom. The zero-order chi connectivity index (χ0) is 14.4. The largest absolute Gasteiger partial charge is 0.377 e. The first-order valence-electron chi connectivity index (χ1n) is 7.65. The molecule has 0 spiro atoms. The topological polar surface area (TPSA) is 50.3 Å². The molecule has 20 heavy (non-hydrogen) atoms. The molecular formula is C15H26N4O. The van der Waals surface area contributed by atoms with E-state index < -0.39 is 0 Å². The van der Waals surface area contributed by atoms with Crippen LogP contribution in [-0.2, 0) is 11.3 Å². The molecule has 1 heterocycles. The summed E-state index contributed by atoms with van der Waals surface area (Å²) < 4.78 is 5.19. The van der Waals surface area contributed by atoms with Gasteiger partial charge in [-0.15, -0.1) is 0 Å². The van der Waals surface area contributed by atoms with Gasteiger partial charge in [-0.25, -0.2) is 9.97 Å². The Kier molecular flexibility index (Phi) is 5.59. The molecule has 1 saturated carbocycles. The van der Waals surface area contributed by atoms with Crippen molar-refractivity contribution in [1.82, 2.24) is 9.97 Å². The summed E-state index contributed by atoms with van der Waals surface area (Å²) in [6.07, 6.45) is 4.78. The van der Waals surface area contributed by atoms with Gasteiger partial charge < -0.3 is 15.0 Å². The van der Waals surface area contributed by atoms with Crippen molar-refractivity contribution in [2.75, 3.05) is 30.4 Å². The number of ether oxygens (including phenoxy) is 1. The predicted molar refractivity (Wildman–Crippen MR) is 82.2 cm³/mol. The van der Waals surface area contributed by atoms with E-state index in [0.29, 0.717) is 12.6 Å². The Morgan fingerprint density at radius 3 is 2.70 bits per heavy atom. The molecule has 0 aromatic carbocycles. The van der Waals surface area contributed by atoms with Gasteiger partial charge in [-0.05, 0) is 25.7 Å². The average Bonchev–Trinajstić information content (AvgIpc) is 3.27. The zero-order valence-electron chi connectivity index (χ0n) is 12.9. The van der Waals surface area contributed by atoms with Gasteiger partial charge in [0.25, 0.3) is 0 Å². The van der Waals surface area contributed by atoms with Crippen LogP contribution in [-0.4, -0.2) is 36.2 Å². The molecule has 0 saturated heterocycles. The second kappa shape index (κ2) is 7.43. The molecule has 0 aliphatic heterocycles. The summed E-state index contributed by atoms with van der Waals surface area (Å²) in [7, 11) is 1.68. The number of nitrogens with one attached hydrogen (secondary N) is 1. The van der Waals surface area contributed by atoms with E-state index in [2.05, 4.69) is 40.1 Å². The highest BCUT2D eigenvalue weighted by Crippen LogP contribution is 2.31. The van der Waals surface area contributed by atoms with E-state index in [1.54, 1.807) is 7.11 Å². The third-order valence-electron chi connectivity index (χ3n) is 3.33. The van der Waals surface area contributed by atoms with Gasteiger partial charge in [0.05, 0.1) is 0 Å². The van der Waals surface area contributed by atoms with E-state index in [9.17, 15) is 0 Å². The van der Waals surface area contributed by atoms with Crippen LogP contribution in [0.4, 0.5) is 11.6 Å². The molecule has 0 bridgehead atoms. The molecule has 1 aromatic heterocycles. The highest BCUT2D eigenvalue weighted by atomic mass is 16.5. The summed E-state index contributed by atoms with van der Waals surface area (Å²) >= 11 is 0. The number of hydrogen-bond donors (Lipinski definition) is 1. The molecule has 5 heteroatoms. The lowest BCUT2D eigenvalue weighted by atomic mass is 10.3. The first kappa shape index (κ1) is 15.0. The summed E-state index contributed by atoms with van der Waals surface area (Å²) in [4.78, 5) is 11.6. The van der Waals surface area contributed by atoms with Crippen LogP contribution in [0.2, 0.25) is 0 Å². The van der Waals surface area contributed by atoms with Crippen molar-refractivity contribution in [3.63, 3.8) is 0 Å². The van der Waals surface area contributed by atoms with Gasteiger partial charge >= 0.3 is 0 Å². The molecule has 2 rings (SSSR count). The highest BCUT2D eigenvalue weighted by Gasteiger charge is 2.29. The minimum atomic E-state index is 0.458. The Hall–Kier alpha value is -1.36.